The summed E-state index contributed by atoms with van der Waals surface area (Å²) in [6, 6.07) is 4.42. The third-order valence-corrected chi connectivity index (χ3v) is 5.58. The number of nitrogens with zero attached hydrogens (tertiary/aromatic N) is 1. The van der Waals surface area contributed by atoms with Gasteiger partial charge in [0.1, 0.15) is 0 Å². The van der Waals surface area contributed by atoms with Crippen molar-refractivity contribution in [3.8, 4) is 0 Å². The Balaban J connectivity index is 2.14. The summed E-state index contributed by atoms with van der Waals surface area (Å²) < 4.78 is 0. The van der Waals surface area contributed by atoms with Crippen LogP contribution in [0.5, 0.6) is 0 Å². The molecule has 1 N–H and O–H groups in total. The van der Waals surface area contributed by atoms with Gasteiger partial charge in [-0.3, -0.25) is 4.79 Å². The second-order valence-electron chi connectivity index (χ2n) is 5.90. The zero-order valence-corrected chi connectivity index (χ0v) is 13.8. The number of carbonyl (C=O) groups is 1. The first-order valence-electron chi connectivity index (χ1n) is 7.59. The lowest BCUT2D eigenvalue weighted by Crippen LogP contribution is -2.54. The molecule has 1 aromatic heterocycles. The van der Waals surface area contributed by atoms with Gasteiger partial charge in [0, 0.05) is 16.8 Å². The highest BCUT2D eigenvalue weighted by Crippen LogP contribution is 2.32. The molecule has 0 aromatic carbocycles. The molecule has 0 bridgehead atoms. The summed E-state index contributed by atoms with van der Waals surface area (Å²) in [5.41, 5.74) is -0.315. The summed E-state index contributed by atoms with van der Waals surface area (Å²) in [7, 11) is 1.94. The topological polar surface area (TPSA) is 32.3 Å². The summed E-state index contributed by atoms with van der Waals surface area (Å²) in [5, 5.41) is 3.48. The quantitative estimate of drug-likeness (QED) is 0.901. The Kier molecular flexibility index (Phi) is 4.86. The summed E-state index contributed by atoms with van der Waals surface area (Å²) in [6.07, 6.45) is 4.05. The Bertz CT molecular complexity index is 463. The number of aryl methyl sites for hydroxylation is 1. The van der Waals surface area contributed by atoms with Crippen LogP contribution in [0.1, 0.15) is 55.3 Å². The van der Waals surface area contributed by atoms with Crippen LogP contribution in [0.2, 0.25) is 0 Å². The summed E-state index contributed by atoms with van der Waals surface area (Å²) >= 11 is 1.78. The second kappa shape index (κ2) is 6.27. The first-order valence-corrected chi connectivity index (χ1v) is 8.40. The van der Waals surface area contributed by atoms with Crippen molar-refractivity contribution in [1.82, 2.24) is 10.2 Å². The molecule has 4 heteroatoms. The molecule has 0 saturated carbocycles. The van der Waals surface area contributed by atoms with Gasteiger partial charge in [0.2, 0.25) is 5.91 Å². The van der Waals surface area contributed by atoms with Gasteiger partial charge in [0.25, 0.3) is 0 Å². The molecule has 1 fully saturated rings. The summed E-state index contributed by atoms with van der Waals surface area (Å²) in [6.45, 7) is 7.35. The van der Waals surface area contributed by atoms with Crippen LogP contribution in [-0.2, 0) is 4.79 Å². The molecule has 20 heavy (non-hydrogen) atoms. The van der Waals surface area contributed by atoms with Crippen LogP contribution in [0.25, 0.3) is 0 Å². The molecule has 1 aliphatic rings. The van der Waals surface area contributed by atoms with E-state index >= 15 is 0 Å². The minimum absolute atomic E-state index is 0.150. The lowest BCUT2D eigenvalue weighted by atomic mass is 9.90. The predicted molar refractivity (Wildman–Crippen MR) is 85.1 cm³/mol. The van der Waals surface area contributed by atoms with Crippen molar-refractivity contribution in [2.45, 2.75) is 58.0 Å². The number of amides is 1. The fraction of sp³-hybridized carbons (Fsp3) is 0.688. The molecule has 0 spiro atoms. The van der Waals surface area contributed by atoms with Gasteiger partial charge in [-0.15, -0.1) is 11.3 Å². The number of hydrogen-bond donors (Lipinski definition) is 1. The van der Waals surface area contributed by atoms with Gasteiger partial charge in [-0.2, -0.15) is 0 Å². The van der Waals surface area contributed by atoms with Crippen LogP contribution in [-0.4, -0.2) is 29.9 Å². The first-order chi connectivity index (χ1) is 9.50. The van der Waals surface area contributed by atoms with Crippen molar-refractivity contribution in [2.24, 2.45) is 0 Å². The second-order valence-corrected chi connectivity index (χ2v) is 7.22. The van der Waals surface area contributed by atoms with E-state index in [1.54, 1.807) is 11.3 Å². The predicted octanol–water partition coefficient (Wildman–Crippen LogP) is 3.50. The molecule has 112 valence electrons. The number of thiophene rings is 1. The Morgan fingerprint density at radius 1 is 1.55 bits per heavy atom. The average Bonchev–Trinajstić information content (AvgIpc) is 3.06. The molecule has 3 nitrogen and oxygen atoms in total. The smallest absolute Gasteiger partial charge is 0.243 e. The molecular weight excluding hydrogens is 268 g/mol. The van der Waals surface area contributed by atoms with E-state index in [2.05, 4.69) is 38.2 Å². The fourth-order valence-corrected chi connectivity index (χ4v) is 4.09. The largest absolute Gasteiger partial charge is 0.337 e. The lowest BCUT2D eigenvalue weighted by Gasteiger charge is -2.35. The monoisotopic (exact) mass is 294 g/mol. The molecule has 2 rings (SSSR count). The van der Waals surface area contributed by atoms with E-state index in [0.29, 0.717) is 0 Å². The van der Waals surface area contributed by atoms with Gasteiger partial charge >= 0.3 is 0 Å². The van der Waals surface area contributed by atoms with E-state index in [1.807, 2.05) is 11.9 Å². The number of carbonyl (C=O) groups excluding carboxylic acids is 1. The molecule has 2 unspecified atom stereocenters. The Morgan fingerprint density at radius 2 is 2.30 bits per heavy atom. The molecule has 0 aliphatic carbocycles. The van der Waals surface area contributed by atoms with E-state index in [1.165, 1.54) is 9.75 Å². The van der Waals surface area contributed by atoms with Gasteiger partial charge in [0.05, 0.1) is 11.6 Å². The molecule has 2 atom stereocenters. The molecular formula is C16H26N2OS. The summed E-state index contributed by atoms with van der Waals surface area (Å²) in [5.74, 6) is 0.260. The van der Waals surface area contributed by atoms with Crippen LogP contribution in [0.15, 0.2) is 12.1 Å². The van der Waals surface area contributed by atoms with E-state index in [0.717, 1.165) is 32.2 Å². The highest BCUT2D eigenvalue weighted by molar-refractivity contribution is 7.12. The minimum Gasteiger partial charge on any atom is -0.337 e. The third-order valence-electron chi connectivity index (χ3n) is 4.40. The standard InChI is InChI=1S/C16H26N2OS/c1-5-9-16(10-6-11-17-16)15(19)18(4)13(3)14-8-7-12(2)20-14/h7-8,13,17H,5-6,9-11H2,1-4H3. The highest BCUT2D eigenvalue weighted by atomic mass is 32.1. The van der Waals surface area contributed by atoms with E-state index in [9.17, 15) is 4.79 Å². The zero-order valence-electron chi connectivity index (χ0n) is 13.0. The van der Waals surface area contributed by atoms with Crippen molar-refractivity contribution in [2.75, 3.05) is 13.6 Å². The Hall–Kier alpha value is -0.870. The highest BCUT2D eigenvalue weighted by Gasteiger charge is 2.42. The van der Waals surface area contributed by atoms with Crippen molar-refractivity contribution >= 4 is 17.2 Å². The SMILES string of the molecule is CCCC1(C(=O)N(C)C(C)c2ccc(C)s2)CCCN1. The maximum Gasteiger partial charge on any atom is 0.243 e. The van der Waals surface area contributed by atoms with E-state index in [4.69, 9.17) is 0 Å². The van der Waals surface area contributed by atoms with Gasteiger partial charge in [-0.25, -0.2) is 0 Å². The fourth-order valence-electron chi connectivity index (χ4n) is 3.12. The van der Waals surface area contributed by atoms with Crippen molar-refractivity contribution in [3.05, 3.63) is 21.9 Å². The minimum atomic E-state index is -0.315. The van der Waals surface area contributed by atoms with Gasteiger partial charge in [0.15, 0.2) is 0 Å². The van der Waals surface area contributed by atoms with Gasteiger partial charge in [-0.1, -0.05) is 13.3 Å². The number of nitrogens with one attached hydrogen (secondary N) is 1. The maximum absolute atomic E-state index is 12.9. The van der Waals surface area contributed by atoms with Crippen LogP contribution < -0.4 is 5.32 Å². The van der Waals surface area contributed by atoms with Crippen molar-refractivity contribution < 1.29 is 4.79 Å². The van der Waals surface area contributed by atoms with Crippen LogP contribution in [0.3, 0.4) is 0 Å². The first kappa shape index (κ1) is 15.5. The molecule has 0 radical (unpaired) electrons. The van der Waals surface area contributed by atoms with Crippen LogP contribution >= 0.6 is 11.3 Å². The van der Waals surface area contributed by atoms with Crippen LogP contribution in [0.4, 0.5) is 0 Å². The van der Waals surface area contributed by atoms with Gasteiger partial charge < -0.3 is 10.2 Å². The lowest BCUT2D eigenvalue weighted by molar-refractivity contribution is -0.138. The Labute approximate surface area is 126 Å². The molecule has 1 aromatic rings. The van der Waals surface area contributed by atoms with Crippen LogP contribution in [0, 0.1) is 6.92 Å². The van der Waals surface area contributed by atoms with E-state index < -0.39 is 0 Å². The summed E-state index contributed by atoms with van der Waals surface area (Å²) in [4.78, 5) is 17.4. The van der Waals surface area contributed by atoms with Gasteiger partial charge in [-0.05, 0) is 51.8 Å². The number of rotatable bonds is 5. The third kappa shape index (κ3) is 2.91. The maximum atomic E-state index is 12.9. The normalized spacial score (nSPS) is 23.8. The Morgan fingerprint density at radius 3 is 2.80 bits per heavy atom. The molecule has 1 aliphatic heterocycles. The molecule has 1 amide bonds. The number of likely N-dealkylation sites (N-methyl/N-ethyl adjacent to an activating group) is 1. The van der Waals surface area contributed by atoms with Crippen molar-refractivity contribution in [3.63, 3.8) is 0 Å². The zero-order chi connectivity index (χ0) is 14.8. The van der Waals surface area contributed by atoms with E-state index in [-0.39, 0.29) is 17.5 Å². The average molecular weight is 294 g/mol. The molecule has 2 heterocycles. The molecule has 1 saturated heterocycles. The number of hydrogen-bond acceptors (Lipinski definition) is 3. The van der Waals surface area contributed by atoms with Crippen molar-refractivity contribution in [1.29, 1.82) is 0 Å².